The Kier molecular flexibility index (Phi) is 4.66. The van der Waals surface area contributed by atoms with Crippen LogP contribution in [0.4, 0.5) is 0 Å². The van der Waals surface area contributed by atoms with Gasteiger partial charge < -0.3 is 5.11 Å². The Morgan fingerprint density at radius 1 is 1.50 bits per heavy atom. The van der Waals surface area contributed by atoms with Crippen molar-refractivity contribution < 1.29 is 9.90 Å². The first-order chi connectivity index (χ1) is 9.49. The molecule has 20 heavy (non-hydrogen) atoms. The first kappa shape index (κ1) is 14.9. The van der Waals surface area contributed by atoms with Crippen LogP contribution < -0.4 is 5.69 Å². The minimum Gasteiger partial charge on any atom is -0.481 e. The van der Waals surface area contributed by atoms with Gasteiger partial charge in [-0.2, -0.15) is 0 Å². The van der Waals surface area contributed by atoms with Crippen molar-refractivity contribution in [3.05, 3.63) is 44.8 Å². The number of hydrogen-bond acceptors (Lipinski definition) is 4. The zero-order chi connectivity index (χ0) is 14.7. The average molecular weight is 358 g/mol. The van der Waals surface area contributed by atoms with Crippen molar-refractivity contribution in [2.75, 3.05) is 5.75 Å². The average Bonchev–Trinajstić information content (AvgIpc) is 2.77. The van der Waals surface area contributed by atoms with Crippen molar-refractivity contribution in [3.63, 3.8) is 0 Å². The molecule has 6 nitrogen and oxygen atoms in total. The van der Waals surface area contributed by atoms with Crippen LogP contribution in [0.15, 0.2) is 38.7 Å². The summed E-state index contributed by atoms with van der Waals surface area (Å²) in [6.07, 6.45) is 0. The molecular formula is C12H12BrN3O3S. The number of thioether (sulfide) groups is 1. The zero-order valence-corrected chi connectivity index (χ0v) is 12.9. The lowest BCUT2D eigenvalue weighted by atomic mass is 10.1. The fourth-order valence-corrected chi connectivity index (χ4v) is 2.76. The number of halogens is 1. The first-order valence-corrected chi connectivity index (χ1v) is 7.54. The lowest BCUT2D eigenvalue weighted by Gasteiger charge is -2.14. The molecule has 0 saturated heterocycles. The third-order valence-electron chi connectivity index (χ3n) is 2.74. The van der Waals surface area contributed by atoms with Gasteiger partial charge in [0.1, 0.15) is 0 Å². The second-order valence-electron chi connectivity index (χ2n) is 4.09. The van der Waals surface area contributed by atoms with Gasteiger partial charge in [0.2, 0.25) is 0 Å². The van der Waals surface area contributed by atoms with E-state index < -0.39 is 5.97 Å². The molecule has 1 aromatic carbocycles. The summed E-state index contributed by atoms with van der Waals surface area (Å²) in [4.78, 5) is 22.5. The third-order valence-corrected chi connectivity index (χ3v) is 4.20. The van der Waals surface area contributed by atoms with Gasteiger partial charge in [0.15, 0.2) is 5.16 Å². The van der Waals surface area contributed by atoms with Gasteiger partial charge in [0.25, 0.3) is 0 Å². The number of nitrogens with one attached hydrogen (secondary N) is 1. The number of nitrogens with zero attached hydrogens (tertiary/aromatic N) is 2. The van der Waals surface area contributed by atoms with Crippen molar-refractivity contribution in [1.29, 1.82) is 0 Å². The number of benzene rings is 1. The molecule has 0 fully saturated rings. The van der Waals surface area contributed by atoms with Crippen LogP contribution in [0.3, 0.4) is 0 Å². The van der Waals surface area contributed by atoms with Crippen LogP contribution in [-0.2, 0) is 4.79 Å². The fourth-order valence-electron chi connectivity index (χ4n) is 1.75. The van der Waals surface area contributed by atoms with Gasteiger partial charge >= 0.3 is 11.7 Å². The molecule has 106 valence electrons. The molecule has 0 aliphatic carbocycles. The predicted octanol–water partition coefficient (Wildman–Crippen LogP) is 2.12. The number of H-pyrrole nitrogens is 1. The smallest absolute Gasteiger partial charge is 0.344 e. The molecule has 0 amide bonds. The minimum absolute atomic E-state index is 0.142. The maximum atomic E-state index is 11.8. The van der Waals surface area contributed by atoms with E-state index in [1.54, 1.807) is 0 Å². The highest BCUT2D eigenvalue weighted by molar-refractivity contribution is 9.10. The highest BCUT2D eigenvalue weighted by atomic mass is 79.9. The van der Waals surface area contributed by atoms with E-state index in [-0.39, 0.29) is 17.5 Å². The number of aliphatic carboxylic acids is 1. The van der Waals surface area contributed by atoms with Gasteiger partial charge in [0, 0.05) is 4.47 Å². The molecule has 0 aliphatic heterocycles. The van der Waals surface area contributed by atoms with Crippen LogP contribution in [0.2, 0.25) is 0 Å². The van der Waals surface area contributed by atoms with Gasteiger partial charge in [-0.25, -0.2) is 9.89 Å². The molecule has 0 radical (unpaired) electrons. The van der Waals surface area contributed by atoms with Gasteiger partial charge in [-0.15, -0.1) is 5.10 Å². The zero-order valence-electron chi connectivity index (χ0n) is 10.5. The van der Waals surface area contributed by atoms with Crippen molar-refractivity contribution in [2.45, 2.75) is 18.1 Å². The Bertz CT molecular complexity index is 665. The van der Waals surface area contributed by atoms with Gasteiger partial charge in [0.05, 0.1) is 11.8 Å². The van der Waals surface area contributed by atoms with Gasteiger partial charge in [-0.05, 0) is 24.6 Å². The number of carbonyl (C=O) groups is 1. The first-order valence-electron chi connectivity index (χ1n) is 5.76. The SMILES string of the molecule is CC(c1ccc(Br)cc1)n1c(SCC(=O)O)n[nH]c1=O. The fraction of sp³-hybridized carbons (Fsp3) is 0.250. The summed E-state index contributed by atoms with van der Waals surface area (Å²) < 4.78 is 2.41. The molecule has 0 aliphatic rings. The van der Waals surface area contributed by atoms with Crippen LogP contribution in [0.5, 0.6) is 0 Å². The molecule has 1 unspecified atom stereocenters. The predicted molar refractivity (Wildman–Crippen MR) is 79.2 cm³/mol. The van der Waals surface area contributed by atoms with E-state index in [1.165, 1.54) is 4.57 Å². The van der Waals surface area contributed by atoms with E-state index in [1.807, 2.05) is 31.2 Å². The normalized spacial score (nSPS) is 12.3. The van der Waals surface area contributed by atoms with E-state index >= 15 is 0 Å². The van der Waals surface area contributed by atoms with Crippen LogP contribution >= 0.6 is 27.7 Å². The number of carboxylic acid groups (broad SMARTS) is 1. The summed E-state index contributed by atoms with van der Waals surface area (Å²) in [7, 11) is 0. The number of rotatable bonds is 5. The summed E-state index contributed by atoms with van der Waals surface area (Å²) in [5.74, 6) is -1.09. The maximum Gasteiger partial charge on any atom is 0.344 e. The van der Waals surface area contributed by atoms with E-state index in [0.29, 0.717) is 5.16 Å². The van der Waals surface area contributed by atoms with Crippen molar-refractivity contribution in [2.24, 2.45) is 0 Å². The molecule has 0 saturated carbocycles. The Hall–Kier alpha value is -1.54. The number of hydrogen-bond donors (Lipinski definition) is 2. The molecule has 2 N–H and O–H groups in total. The largest absolute Gasteiger partial charge is 0.481 e. The van der Waals surface area contributed by atoms with Crippen LogP contribution in [0, 0.1) is 0 Å². The summed E-state index contributed by atoms with van der Waals surface area (Å²) in [5, 5.41) is 15.3. The Morgan fingerprint density at radius 3 is 2.75 bits per heavy atom. The van der Waals surface area contributed by atoms with Crippen LogP contribution in [0.25, 0.3) is 0 Å². The van der Waals surface area contributed by atoms with E-state index in [4.69, 9.17) is 5.11 Å². The molecule has 1 heterocycles. The lowest BCUT2D eigenvalue weighted by Crippen LogP contribution is -2.22. The molecule has 0 bridgehead atoms. The van der Waals surface area contributed by atoms with Crippen molar-refractivity contribution in [3.8, 4) is 0 Å². The summed E-state index contributed by atoms with van der Waals surface area (Å²) >= 11 is 4.37. The quantitative estimate of drug-likeness (QED) is 0.800. The third kappa shape index (κ3) is 3.31. The molecule has 1 aromatic heterocycles. The molecule has 2 rings (SSSR count). The number of aromatic amines is 1. The molecule has 2 aromatic rings. The summed E-state index contributed by atoms with van der Waals surface area (Å²) in [6, 6.07) is 7.35. The van der Waals surface area contributed by atoms with E-state index in [2.05, 4.69) is 26.1 Å². The Morgan fingerprint density at radius 2 is 2.15 bits per heavy atom. The minimum atomic E-state index is -0.951. The van der Waals surface area contributed by atoms with Crippen molar-refractivity contribution >= 4 is 33.7 Å². The Balaban J connectivity index is 2.31. The number of carboxylic acids is 1. The lowest BCUT2D eigenvalue weighted by molar-refractivity contribution is -0.133. The van der Waals surface area contributed by atoms with Gasteiger partial charge in [-0.3, -0.25) is 9.36 Å². The van der Waals surface area contributed by atoms with E-state index in [9.17, 15) is 9.59 Å². The summed E-state index contributed by atoms with van der Waals surface area (Å²) in [6.45, 7) is 1.87. The highest BCUT2D eigenvalue weighted by Gasteiger charge is 2.17. The summed E-state index contributed by atoms with van der Waals surface area (Å²) in [5.41, 5.74) is 0.585. The van der Waals surface area contributed by atoms with Crippen LogP contribution in [-0.4, -0.2) is 31.6 Å². The van der Waals surface area contributed by atoms with Gasteiger partial charge in [-0.1, -0.05) is 39.8 Å². The molecule has 1 atom stereocenters. The van der Waals surface area contributed by atoms with E-state index in [0.717, 1.165) is 21.8 Å². The monoisotopic (exact) mass is 357 g/mol. The maximum absolute atomic E-state index is 11.8. The molecule has 0 spiro atoms. The second kappa shape index (κ2) is 6.27. The van der Waals surface area contributed by atoms with Crippen LogP contribution in [0.1, 0.15) is 18.5 Å². The second-order valence-corrected chi connectivity index (χ2v) is 5.95. The highest BCUT2D eigenvalue weighted by Crippen LogP contribution is 2.23. The Labute approximate surface area is 127 Å². The standard InChI is InChI=1S/C12H12BrN3O3S/c1-7(8-2-4-9(13)5-3-8)16-11(19)14-15-12(16)20-6-10(17)18/h2-5,7H,6H2,1H3,(H,14,19)(H,17,18). The number of aromatic nitrogens is 3. The van der Waals surface area contributed by atoms with Crippen molar-refractivity contribution in [1.82, 2.24) is 14.8 Å². The molecular weight excluding hydrogens is 346 g/mol. The topological polar surface area (TPSA) is 88.0 Å². The molecule has 8 heteroatoms.